The topological polar surface area (TPSA) is 89.4 Å². The molecule has 1 atom stereocenters. The molecule has 6 nitrogen and oxygen atoms in total. The summed E-state index contributed by atoms with van der Waals surface area (Å²) in [7, 11) is 0. The van der Waals surface area contributed by atoms with Crippen molar-refractivity contribution in [3.8, 4) is 0 Å². The number of nitrogens with zero attached hydrogens (tertiary/aromatic N) is 3. The maximum atomic E-state index is 12.6. The zero-order valence-electron chi connectivity index (χ0n) is 8.73. The molecule has 0 saturated carbocycles. The van der Waals surface area contributed by atoms with Crippen LogP contribution in [0.5, 0.6) is 0 Å². The number of halogens is 3. The van der Waals surface area contributed by atoms with Gasteiger partial charge in [-0.3, -0.25) is 4.79 Å². The number of guanidine groups is 1. The Morgan fingerprint density at radius 2 is 2.29 bits per heavy atom. The van der Waals surface area contributed by atoms with Crippen LogP contribution in [0, 0.1) is 5.92 Å². The molecule has 1 unspecified atom stereocenters. The highest BCUT2D eigenvalue weighted by Crippen LogP contribution is 2.24. The standard InChI is InChI=1S/C8H9F3N4O2/c1-2-17-6(16)4-3-13-7(15-12)14-5(4)8(9,10)11/h3-4H,2,12H2,1H3/b15-7+. The molecule has 0 saturated heterocycles. The van der Waals surface area contributed by atoms with E-state index in [4.69, 9.17) is 5.84 Å². The molecule has 9 heteroatoms. The van der Waals surface area contributed by atoms with Gasteiger partial charge in [-0.25, -0.2) is 9.98 Å². The van der Waals surface area contributed by atoms with E-state index in [-0.39, 0.29) is 6.61 Å². The summed E-state index contributed by atoms with van der Waals surface area (Å²) in [5.74, 6) is 1.48. The lowest BCUT2D eigenvalue weighted by molar-refractivity contribution is -0.144. The molecule has 1 aliphatic heterocycles. The number of ether oxygens (including phenoxy) is 1. The highest BCUT2D eigenvalue weighted by atomic mass is 19.4. The predicted molar refractivity (Wildman–Crippen MR) is 53.7 cm³/mol. The fourth-order valence-corrected chi connectivity index (χ4v) is 1.12. The summed E-state index contributed by atoms with van der Waals surface area (Å²) in [6.07, 6.45) is -4.01. The molecule has 0 aliphatic carbocycles. The first-order valence-electron chi connectivity index (χ1n) is 4.54. The van der Waals surface area contributed by atoms with Crippen molar-refractivity contribution in [1.82, 2.24) is 0 Å². The fraction of sp³-hybridized carbons (Fsp3) is 0.500. The Morgan fingerprint density at radius 1 is 1.65 bits per heavy atom. The normalized spacial score (nSPS) is 22.5. The molecular weight excluding hydrogens is 241 g/mol. The Kier molecular flexibility index (Phi) is 3.81. The number of hydrogen-bond donors (Lipinski definition) is 1. The number of aliphatic imine (C=N–C) groups is 2. The molecule has 1 heterocycles. The summed E-state index contributed by atoms with van der Waals surface area (Å²) in [4.78, 5) is 17.8. The molecule has 0 aromatic heterocycles. The Morgan fingerprint density at radius 3 is 2.76 bits per heavy atom. The second-order valence-electron chi connectivity index (χ2n) is 2.93. The number of hydrogen-bond acceptors (Lipinski definition) is 4. The van der Waals surface area contributed by atoms with Gasteiger partial charge in [0.05, 0.1) is 6.61 Å². The van der Waals surface area contributed by atoms with Gasteiger partial charge >= 0.3 is 12.1 Å². The molecule has 0 bridgehead atoms. The van der Waals surface area contributed by atoms with Crippen molar-refractivity contribution in [2.45, 2.75) is 13.1 Å². The van der Waals surface area contributed by atoms with E-state index < -0.39 is 29.7 Å². The monoisotopic (exact) mass is 250 g/mol. The Balaban J connectivity index is 3.06. The molecule has 0 aromatic carbocycles. The smallest absolute Gasteiger partial charge is 0.430 e. The third-order valence-electron chi connectivity index (χ3n) is 1.80. The van der Waals surface area contributed by atoms with Crippen LogP contribution in [0.25, 0.3) is 0 Å². The van der Waals surface area contributed by atoms with Crippen molar-refractivity contribution in [3.63, 3.8) is 0 Å². The molecule has 0 spiro atoms. The predicted octanol–water partition coefficient (Wildman–Crippen LogP) is 0.483. The molecule has 2 N–H and O–H groups in total. The van der Waals surface area contributed by atoms with E-state index in [1.54, 1.807) is 0 Å². The number of hydrazone groups is 1. The van der Waals surface area contributed by atoms with Gasteiger partial charge in [0.2, 0.25) is 0 Å². The van der Waals surface area contributed by atoms with Gasteiger partial charge in [-0.15, -0.1) is 5.10 Å². The Bertz CT molecular complexity index is 400. The van der Waals surface area contributed by atoms with Crippen LogP contribution in [0.3, 0.4) is 0 Å². The van der Waals surface area contributed by atoms with Crippen LogP contribution in [0.15, 0.2) is 15.1 Å². The molecule has 1 aliphatic rings. The highest BCUT2D eigenvalue weighted by Gasteiger charge is 2.45. The number of nitrogens with two attached hydrogens (primary N) is 1. The maximum Gasteiger partial charge on any atom is 0.430 e. The van der Waals surface area contributed by atoms with Gasteiger partial charge in [-0.1, -0.05) is 0 Å². The zero-order valence-corrected chi connectivity index (χ0v) is 8.73. The first-order chi connectivity index (χ1) is 7.90. The van der Waals surface area contributed by atoms with E-state index in [9.17, 15) is 18.0 Å². The number of rotatable bonds is 2. The van der Waals surface area contributed by atoms with Gasteiger partial charge in [0, 0.05) is 6.21 Å². The Labute approximate surface area is 94.1 Å². The number of esters is 1. The SMILES string of the molecule is CCOC(=O)C1C=N/C(=N\N)N=C1C(F)(F)F. The minimum Gasteiger partial charge on any atom is -0.465 e. The maximum absolute atomic E-state index is 12.6. The molecule has 0 radical (unpaired) electrons. The first kappa shape index (κ1) is 13.1. The molecule has 0 amide bonds. The number of carbonyl (C=O) groups excluding carboxylic acids is 1. The van der Waals surface area contributed by atoms with Crippen molar-refractivity contribution in [1.29, 1.82) is 0 Å². The summed E-state index contributed by atoms with van der Waals surface area (Å²) in [6.45, 7) is 1.45. The van der Waals surface area contributed by atoms with Crippen molar-refractivity contribution in [2.75, 3.05) is 6.61 Å². The highest BCUT2D eigenvalue weighted by molar-refractivity contribution is 6.22. The second-order valence-corrected chi connectivity index (χ2v) is 2.93. The van der Waals surface area contributed by atoms with Gasteiger partial charge in [0.1, 0.15) is 11.6 Å². The lowest BCUT2D eigenvalue weighted by Crippen LogP contribution is -2.40. The molecule has 94 valence electrons. The van der Waals surface area contributed by atoms with Crippen LogP contribution < -0.4 is 5.84 Å². The third kappa shape index (κ3) is 3.02. The van der Waals surface area contributed by atoms with E-state index in [0.29, 0.717) is 0 Å². The van der Waals surface area contributed by atoms with Gasteiger partial charge in [0.25, 0.3) is 5.96 Å². The van der Waals surface area contributed by atoms with Gasteiger partial charge in [0.15, 0.2) is 0 Å². The summed E-state index contributed by atoms with van der Waals surface area (Å²) >= 11 is 0. The van der Waals surface area contributed by atoms with Crippen LogP contribution in [0.1, 0.15) is 6.92 Å². The van der Waals surface area contributed by atoms with Crippen LogP contribution in [-0.4, -0.2) is 36.6 Å². The minimum absolute atomic E-state index is 0.0356. The first-order valence-corrected chi connectivity index (χ1v) is 4.54. The fourth-order valence-electron chi connectivity index (χ4n) is 1.12. The zero-order chi connectivity index (χ0) is 13.1. The third-order valence-corrected chi connectivity index (χ3v) is 1.80. The van der Waals surface area contributed by atoms with Crippen LogP contribution in [-0.2, 0) is 9.53 Å². The summed E-state index contributed by atoms with van der Waals surface area (Å²) in [5.41, 5.74) is -1.34. The lowest BCUT2D eigenvalue weighted by Gasteiger charge is -2.18. The van der Waals surface area contributed by atoms with E-state index in [1.165, 1.54) is 6.92 Å². The van der Waals surface area contributed by atoms with E-state index in [2.05, 4.69) is 19.8 Å². The van der Waals surface area contributed by atoms with E-state index in [1.807, 2.05) is 0 Å². The van der Waals surface area contributed by atoms with Crippen molar-refractivity contribution < 1.29 is 22.7 Å². The lowest BCUT2D eigenvalue weighted by atomic mass is 10.0. The van der Waals surface area contributed by atoms with Crippen molar-refractivity contribution in [3.05, 3.63) is 0 Å². The summed E-state index contributed by atoms with van der Waals surface area (Å²) in [6, 6.07) is 0. The van der Waals surface area contributed by atoms with E-state index in [0.717, 1.165) is 6.21 Å². The second kappa shape index (κ2) is 4.93. The van der Waals surface area contributed by atoms with Gasteiger partial charge in [-0.05, 0) is 6.92 Å². The average Bonchev–Trinajstić information content (AvgIpc) is 2.27. The molecular formula is C8H9F3N4O2. The van der Waals surface area contributed by atoms with Gasteiger partial charge < -0.3 is 10.6 Å². The summed E-state index contributed by atoms with van der Waals surface area (Å²) in [5, 5.41) is 2.93. The molecule has 0 aromatic rings. The van der Waals surface area contributed by atoms with Gasteiger partial charge in [-0.2, -0.15) is 13.2 Å². The molecule has 0 fully saturated rings. The molecule has 17 heavy (non-hydrogen) atoms. The molecule has 1 rings (SSSR count). The van der Waals surface area contributed by atoms with Crippen LogP contribution >= 0.6 is 0 Å². The van der Waals surface area contributed by atoms with Crippen LogP contribution in [0.4, 0.5) is 13.2 Å². The van der Waals surface area contributed by atoms with Crippen molar-refractivity contribution in [2.24, 2.45) is 26.8 Å². The number of carbonyl (C=O) groups is 1. The quantitative estimate of drug-likeness (QED) is 0.439. The van der Waals surface area contributed by atoms with E-state index >= 15 is 0 Å². The van der Waals surface area contributed by atoms with Crippen molar-refractivity contribution >= 4 is 23.9 Å². The summed E-state index contributed by atoms with van der Waals surface area (Å²) < 4.78 is 42.3. The Hall–Kier alpha value is -1.93. The average molecular weight is 250 g/mol. The van der Waals surface area contributed by atoms with Crippen LogP contribution in [0.2, 0.25) is 0 Å². The largest absolute Gasteiger partial charge is 0.465 e. The minimum atomic E-state index is -4.78. The number of alkyl halides is 3.